The van der Waals surface area contributed by atoms with Crippen LogP contribution in [0, 0.1) is 11.8 Å². The van der Waals surface area contributed by atoms with E-state index in [-0.39, 0.29) is 0 Å². The largest absolute Gasteiger partial charge is 0.341 e. The Morgan fingerprint density at radius 2 is 0.765 bits per heavy atom. The quantitative estimate of drug-likeness (QED) is 0.0343. The van der Waals surface area contributed by atoms with Crippen LogP contribution in [0.5, 0.6) is 0 Å². The van der Waals surface area contributed by atoms with Gasteiger partial charge in [-0.1, -0.05) is 202 Å². The van der Waals surface area contributed by atoms with Gasteiger partial charge in [0, 0.05) is 82.2 Å². The minimum absolute atomic E-state index is 0.634. The predicted molar refractivity (Wildman–Crippen MR) is 293 cm³/mol. The van der Waals surface area contributed by atoms with E-state index in [1.165, 1.54) is 178 Å². The number of unbranched alkanes of at least 4 members (excludes halogenated alkanes) is 15. The molecule has 6 aromatic carbocycles. The predicted octanol–water partition coefficient (Wildman–Crippen LogP) is 17.9. The van der Waals surface area contributed by atoms with E-state index in [4.69, 9.17) is 4.99 Å². The number of nitrogens with zero attached hydrogens (tertiary/aromatic N) is 4. The Morgan fingerprint density at radius 1 is 0.397 bits per heavy atom. The molecule has 4 nitrogen and oxygen atoms in total. The van der Waals surface area contributed by atoms with Crippen LogP contribution in [0.1, 0.15) is 164 Å². The van der Waals surface area contributed by atoms with E-state index in [2.05, 4.69) is 163 Å². The molecular weight excluding hydrogens is 825 g/mol. The summed E-state index contributed by atoms with van der Waals surface area (Å²) in [6.45, 7) is 9.96. The normalized spacial score (nSPS) is 13.7. The van der Waals surface area contributed by atoms with Crippen molar-refractivity contribution in [3.05, 3.63) is 161 Å². The van der Waals surface area contributed by atoms with Gasteiger partial charge in [0.05, 0.1) is 5.69 Å². The van der Waals surface area contributed by atoms with Crippen molar-refractivity contribution in [3.63, 3.8) is 0 Å². The van der Waals surface area contributed by atoms with E-state index in [9.17, 15) is 0 Å². The van der Waals surface area contributed by atoms with Crippen molar-refractivity contribution in [2.75, 3.05) is 34.3 Å². The smallest absolute Gasteiger partial charge is 0.119 e. The van der Waals surface area contributed by atoms with Crippen LogP contribution in [0.25, 0.3) is 11.1 Å². The van der Waals surface area contributed by atoms with Crippen LogP contribution >= 0.6 is 0 Å². The molecule has 0 aromatic heterocycles. The SMILES string of the molecule is CCCCCCCCN1c2cccc3c2C2(C#Cc4ccc(-c5ccc(N=Cc6ccccc6)cc5)cc4)c4c1cccc4N(CCCCCCCC)c1cccc(c12)N3CCCCCCCC. The summed E-state index contributed by atoms with van der Waals surface area (Å²) in [7, 11) is 0. The van der Waals surface area contributed by atoms with E-state index in [1.54, 1.807) is 0 Å². The van der Waals surface area contributed by atoms with Gasteiger partial charge in [-0.3, -0.25) is 4.99 Å². The molecule has 0 atom stereocenters. The van der Waals surface area contributed by atoms with Crippen molar-refractivity contribution in [3.8, 4) is 23.0 Å². The van der Waals surface area contributed by atoms with Crippen LogP contribution in [0.4, 0.5) is 39.8 Å². The van der Waals surface area contributed by atoms with Crippen LogP contribution < -0.4 is 14.7 Å². The molecule has 0 amide bonds. The Hall–Kier alpha value is -6.05. The molecule has 9 rings (SSSR count). The molecule has 0 aliphatic carbocycles. The van der Waals surface area contributed by atoms with E-state index in [0.717, 1.165) is 36.4 Å². The van der Waals surface area contributed by atoms with E-state index in [1.807, 2.05) is 24.4 Å². The average molecular weight is 899 g/mol. The van der Waals surface area contributed by atoms with Gasteiger partial charge in [0.15, 0.2) is 0 Å². The molecule has 68 heavy (non-hydrogen) atoms. The van der Waals surface area contributed by atoms with Gasteiger partial charge in [-0.05, 0) is 96.6 Å². The summed E-state index contributed by atoms with van der Waals surface area (Å²) in [5, 5.41) is 0. The number of benzene rings is 6. The summed E-state index contributed by atoms with van der Waals surface area (Å²) in [5.41, 5.74) is 17.0. The minimum atomic E-state index is -0.634. The van der Waals surface area contributed by atoms with Gasteiger partial charge >= 0.3 is 0 Å². The van der Waals surface area contributed by atoms with Gasteiger partial charge in [-0.25, -0.2) is 0 Å². The third-order valence-corrected chi connectivity index (χ3v) is 14.8. The topological polar surface area (TPSA) is 22.1 Å². The Kier molecular flexibility index (Phi) is 15.8. The van der Waals surface area contributed by atoms with Crippen molar-refractivity contribution >= 4 is 46.0 Å². The highest BCUT2D eigenvalue weighted by molar-refractivity contribution is 6.02. The molecule has 4 heteroatoms. The summed E-state index contributed by atoms with van der Waals surface area (Å²) in [6.07, 6.45) is 24.9. The Labute approximate surface area is 409 Å². The number of anilines is 6. The van der Waals surface area contributed by atoms with Crippen LogP contribution in [-0.2, 0) is 5.41 Å². The maximum absolute atomic E-state index is 4.72. The summed E-state index contributed by atoms with van der Waals surface area (Å²) >= 11 is 0. The molecule has 0 N–H and O–H groups in total. The first-order chi connectivity index (χ1) is 33.7. The number of aliphatic imine (C=N–C) groups is 1. The average Bonchev–Trinajstić information content (AvgIpc) is 3.38. The second-order valence-corrected chi connectivity index (χ2v) is 19.6. The number of hydrogen-bond acceptors (Lipinski definition) is 4. The molecular formula is C64H74N4. The van der Waals surface area contributed by atoms with Gasteiger partial charge < -0.3 is 14.7 Å². The standard InChI is InChI=1S/C64H74N4/c1-4-7-10-13-16-22-46-66-55-30-25-32-57-61(55)64(45-44-50-36-38-52(39-37-50)53-40-42-54(43-41-53)65-49-51-28-20-19-21-29-51)62-56(66)31-26-33-58(62)68(48-24-18-15-12-9-6-3)60-35-27-34-59(63(60)64)67(57)47-23-17-14-11-8-5-2/h19-21,25-43,49H,4-18,22-24,46-48H2,1-3H3. The molecule has 3 aliphatic heterocycles. The monoisotopic (exact) mass is 899 g/mol. The summed E-state index contributed by atoms with van der Waals surface area (Å²) < 4.78 is 0. The summed E-state index contributed by atoms with van der Waals surface area (Å²) in [5.74, 6) is 8.12. The first kappa shape index (κ1) is 47.0. The second-order valence-electron chi connectivity index (χ2n) is 19.6. The molecule has 0 spiro atoms. The van der Waals surface area contributed by atoms with Crippen LogP contribution in [0.3, 0.4) is 0 Å². The van der Waals surface area contributed by atoms with Crippen molar-refractivity contribution in [1.29, 1.82) is 0 Å². The fraction of sp³-hybridized carbons (Fsp3) is 0.391. The number of hydrogen-bond donors (Lipinski definition) is 0. The summed E-state index contributed by atoms with van der Waals surface area (Å²) in [6, 6.07) is 49.3. The zero-order chi connectivity index (χ0) is 46.5. The number of rotatable bonds is 24. The van der Waals surface area contributed by atoms with Gasteiger partial charge in [0.25, 0.3) is 0 Å². The molecule has 3 heterocycles. The molecule has 6 aromatic rings. The molecule has 0 saturated heterocycles. The maximum Gasteiger partial charge on any atom is 0.119 e. The maximum atomic E-state index is 4.72. The molecule has 0 fully saturated rings. The first-order valence-electron chi connectivity index (χ1n) is 26.7. The highest BCUT2D eigenvalue weighted by Crippen LogP contribution is 2.66. The summed E-state index contributed by atoms with van der Waals surface area (Å²) in [4.78, 5) is 12.8. The van der Waals surface area contributed by atoms with Crippen molar-refractivity contribution < 1.29 is 0 Å². The molecule has 350 valence electrons. The van der Waals surface area contributed by atoms with Crippen LogP contribution in [0.2, 0.25) is 0 Å². The highest BCUT2D eigenvalue weighted by Gasteiger charge is 2.55. The lowest BCUT2D eigenvalue weighted by Gasteiger charge is -2.54. The van der Waals surface area contributed by atoms with Gasteiger partial charge in [0.2, 0.25) is 0 Å². The highest BCUT2D eigenvalue weighted by atomic mass is 15.2. The Bertz CT molecular complexity index is 2430. The van der Waals surface area contributed by atoms with E-state index >= 15 is 0 Å². The molecule has 0 unspecified atom stereocenters. The minimum Gasteiger partial charge on any atom is -0.341 e. The van der Waals surface area contributed by atoms with Crippen molar-refractivity contribution in [2.24, 2.45) is 4.99 Å². The molecule has 0 saturated carbocycles. The van der Waals surface area contributed by atoms with Crippen LogP contribution in [0.15, 0.2) is 138 Å². The molecule has 0 radical (unpaired) electrons. The van der Waals surface area contributed by atoms with Crippen molar-refractivity contribution in [1.82, 2.24) is 0 Å². The fourth-order valence-electron chi connectivity index (χ4n) is 11.3. The van der Waals surface area contributed by atoms with E-state index < -0.39 is 5.41 Å². The van der Waals surface area contributed by atoms with Crippen molar-refractivity contribution in [2.45, 2.75) is 142 Å². The molecule has 0 bridgehead atoms. The van der Waals surface area contributed by atoms with Crippen LogP contribution in [-0.4, -0.2) is 25.8 Å². The lowest BCUT2D eigenvalue weighted by atomic mass is 9.61. The van der Waals surface area contributed by atoms with Gasteiger partial charge in [-0.15, -0.1) is 0 Å². The third-order valence-electron chi connectivity index (χ3n) is 14.8. The Balaban J connectivity index is 1.13. The van der Waals surface area contributed by atoms with Gasteiger partial charge in [0.1, 0.15) is 5.41 Å². The molecule has 3 aliphatic rings. The zero-order valence-electron chi connectivity index (χ0n) is 41.4. The third kappa shape index (κ3) is 9.92. The zero-order valence-corrected chi connectivity index (χ0v) is 41.4. The second kappa shape index (κ2) is 22.8. The first-order valence-corrected chi connectivity index (χ1v) is 26.7. The Morgan fingerprint density at radius 3 is 1.16 bits per heavy atom. The lowest BCUT2D eigenvalue weighted by molar-refractivity contribution is 0.598. The lowest BCUT2D eigenvalue weighted by Crippen LogP contribution is -2.47. The van der Waals surface area contributed by atoms with E-state index in [0.29, 0.717) is 0 Å². The fourth-order valence-corrected chi connectivity index (χ4v) is 11.3. The van der Waals surface area contributed by atoms with Gasteiger partial charge in [-0.2, -0.15) is 0 Å².